The van der Waals surface area contributed by atoms with Crippen LogP contribution in [0.5, 0.6) is 0 Å². The molecule has 0 fully saturated rings. The van der Waals surface area contributed by atoms with E-state index in [0.29, 0.717) is 23.9 Å². The number of amidine groups is 2. The van der Waals surface area contributed by atoms with Gasteiger partial charge in [-0.2, -0.15) is 5.10 Å². The molecule has 1 heterocycles. The molecule has 0 aromatic heterocycles. The Morgan fingerprint density at radius 1 is 0.923 bits per heavy atom. The van der Waals surface area contributed by atoms with Gasteiger partial charge >= 0.3 is 0 Å². The lowest BCUT2D eigenvalue weighted by Gasteiger charge is -2.13. The number of hydrogen-bond acceptors (Lipinski definition) is 5. The Kier molecular flexibility index (Phi) is 5.02. The zero-order valence-corrected chi connectivity index (χ0v) is 15.6. The van der Waals surface area contributed by atoms with Crippen LogP contribution < -0.4 is 4.90 Å². The van der Waals surface area contributed by atoms with Gasteiger partial charge in [-0.1, -0.05) is 30.3 Å². The molecule has 0 unspecified atom stereocenters. The average molecular weight is 348 g/mol. The van der Waals surface area contributed by atoms with Gasteiger partial charge in [0.25, 0.3) is 0 Å². The first-order valence-electron chi connectivity index (χ1n) is 8.48. The maximum Gasteiger partial charge on any atom is 0.178 e. The highest BCUT2D eigenvalue weighted by Gasteiger charge is 2.30. The van der Waals surface area contributed by atoms with Crippen LogP contribution in [0.15, 0.2) is 64.7 Å². The highest BCUT2D eigenvalue weighted by molar-refractivity contribution is 6.69. The largest absolute Gasteiger partial charge is 0.378 e. The number of nitrogens with one attached hydrogen (secondary N) is 1. The van der Waals surface area contributed by atoms with Crippen molar-refractivity contribution in [2.75, 3.05) is 33.1 Å². The molecule has 0 bridgehead atoms. The van der Waals surface area contributed by atoms with Gasteiger partial charge in [0.15, 0.2) is 17.4 Å². The number of aliphatic imine (C=N–C) groups is 1. The van der Waals surface area contributed by atoms with Crippen molar-refractivity contribution in [2.45, 2.75) is 6.54 Å². The smallest absolute Gasteiger partial charge is 0.178 e. The summed E-state index contributed by atoms with van der Waals surface area (Å²) in [6.45, 7) is 0.551. The molecule has 0 amide bonds. The predicted molar refractivity (Wildman–Crippen MR) is 109 cm³/mol. The molecule has 0 radical (unpaired) electrons. The van der Waals surface area contributed by atoms with Gasteiger partial charge in [-0.3, -0.25) is 5.41 Å². The van der Waals surface area contributed by atoms with E-state index in [0.717, 1.165) is 16.9 Å². The molecule has 0 saturated carbocycles. The molecule has 1 N–H and O–H groups in total. The minimum absolute atomic E-state index is 0.314. The average Bonchev–Trinajstić information content (AvgIpc) is 2.93. The number of hydrazone groups is 1. The fourth-order valence-electron chi connectivity index (χ4n) is 2.67. The van der Waals surface area contributed by atoms with Gasteiger partial charge in [0.1, 0.15) is 0 Å². The van der Waals surface area contributed by atoms with E-state index in [1.54, 1.807) is 5.01 Å². The van der Waals surface area contributed by atoms with Crippen LogP contribution in [0.4, 0.5) is 11.4 Å². The molecule has 26 heavy (non-hydrogen) atoms. The van der Waals surface area contributed by atoms with Crippen molar-refractivity contribution in [3.8, 4) is 0 Å². The van der Waals surface area contributed by atoms with Crippen molar-refractivity contribution in [3.63, 3.8) is 0 Å². The Morgan fingerprint density at radius 3 is 2.15 bits per heavy atom. The third-order valence-electron chi connectivity index (χ3n) is 4.12. The summed E-state index contributed by atoms with van der Waals surface area (Å²) in [5, 5.41) is 14.8. The molecule has 134 valence electrons. The summed E-state index contributed by atoms with van der Waals surface area (Å²) >= 11 is 0. The molecule has 0 spiro atoms. The molecule has 2 aromatic rings. The first-order chi connectivity index (χ1) is 12.5. The van der Waals surface area contributed by atoms with Crippen molar-refractivity contribution in [1.82, 2.24) is 9.91 Å². The van der Waals surface area contributed by atoms with Crippen LogP contribution in [0.3, 0.4) is 0 Å². The van der Waals surface area contributed by atoms with E-state index in [1.807, 2.05) is 92.6 Å². The summed E-state index contributed by atoms with van der Waals surface area (Å²) in [5.74, 6) is 1.01. The SMILES string of the molecule is CN(C)C1=NN(Cc2ccccc2)C(=N)C1=Nc1ccc(N(C)C)cc1. The normalized spacial score (nSPS) is 15.4. The molecular formula is C20H24N6. The van der Waals surface area contributed by atoms with E-state index in [1.165, 1.54) is 0 Å². The fourth-order valence-corrected chi connectivity index (χ4v) is 2.67. The standard InChI is InChI=1S/C20H24N6/c1-24(2)17-12-10-16(11-13-17)22-18-19(21)26(23-20(18)25(3)4)14-15-8-6-5-7-9-15/h5-13,21H,14H2,1-4H3. The second-order valence-electron chi connectivity index (χ2n) is 6.58. The van der Waals surface area contributed by atoms with Crippen molar-refractivity contribution < 1.29 is 0 Å². The van der Waals surface area contributed by atoms with Gasteiger partial charge in [0.2, 0.25) is 0 Å². The van der Waals surface area contributed by atoms with Gasteiger partial charge in [-0.05, 0) is 29.8 Å². The van der Waals surface area contributed by atoms with E-state index >= 15 is 0 Å². The summed E-state index contributed by atoms with van der Waals surface area (Å²) in [6.07, 6.45) is 0. The Bertz CT molecular complexity index is 834. The Hall–Kier alpha value is -3.15. The lowest BCUT2D eigenvalue weighted by Crippen LogP contribution is -2.32. The monoisotopic (exact) mass is 348 g/mol. The number of rotatable bonds is 4. The van der Waals surface area contributed by atoms with Gasteiger partial charge in [0, 0.05) is 33.9 Å². The Balaban J connectivity index is 1.88. The lowest BCUT2D eigenvalue weighted by atomic mass is 10.2. The minimum Gasteiger partial charge on any atom is -0.378 e. The highest BCUT2D eigenvalue weighted by Crippen LogP contribution is 2.21. The number of benzene rings is 2. The van der Waals surface area contributed by atoms with E-state index in [2.05, 4.69) is 5.10 Å². The molecule has 0 saturated heterocycles. The predicted octanol–water partition coefficient (Wildman–Crippen LogP) is 3.19. The van der Waals surface area contributed by atoms with Crippen molar-refractivity contribution >= 4 is 28.8 Å². The van der Waals surface area contributed by atoms with Crippen LogP contribution in [0.2, 0.25) is 0 Å². The van der Waals surface area contributed by atoms with Gasteiger partial charge < -0.3 is 9.80 Å². The maximum atomic E-state index is 8.54. The number of hydrogen-bond donors (Lipinski definition) is 1. The summed E-state index contributed by atoms with van der Waals surface area (Å²) in [5.41, 5.74) is 3.62. The minimum atomic E-state index is 0.314. The Morgan fingerprint density at radius 2 is 1.58 bits per heavy atom. The quantitative estimate of drug-likeness (QED) is 0.923. The zero-order chi connectivity index (χ0) is 18.7. The van der Waals surface area contributed by atoms with Crippen molar-refractivity contribution in [3.05, 3.63) is 60.2 Å². The van der Waals surface area contributed by atoms with Crippen molar-refractivity contribution in [1.29, 1.82) is 5.41 Å². The second kappa shape index (κ2) is 7.39. The highest BCUT2D eigenvalue weighted by atomic mass is 15.5. The van der Waals surface area contributed by atoms with E-state index in [4.69, 9.17) is 10.4 Å². The first-order valence-corrected chi connectivity index (χ1v) is 8.48. The molecule has 2 aromatic carbocycles. The van der Waals surface area contributed by atoms with Crippen LogP contribution >= 0.6 is 0 Å². The zero-order valence-electron chi connectivity index (χ0n) is 15.6. The fraction of sp³-hybridized carbons (Fsp3) is 0.250. The molecule has 6 heteroatoms. The van der Waals surface area contributed by atoms with Crippen LogP contribution in [-0.2, 0) is 6.54 Å². The molecule has 0 atom stereocenters. The van der Waals surface area contributed by atoms with Crippen molar-refractivity contribution in [2.24, 2.45) is 10.1 Å². The summed E-state index contributed by atoms with van der Waals surface area (Å²) < 4.78 is 0. The third-order valence-corrected chi connectivity index (χ3v) is 4.12. The molecule has 0 aliphatic carbocycles. The molecule has 1 aliphatic rings. The molecular weight excluding hydrogens is 324 g/mol. The van der Waals surface area contributed by atoms with Crippen LogP contribution in [0, 0.1) is 5.41 Å². The van der Waals surface area contributed by atoms with Gasteiger partial charge in [0.05, 0.1) is 12.2 Å². The summed E-state index contributed by atoms with van der Waals surface area (Å²) in [4.78, 5) is 8.63. The summed E-state index contributed by atoms with van der Waals surface area (Å²) in [6, 6.07) is 18.0. The van der Waals surface area contributed by atoms with Gasteiger partial charge in [-0.15, -0.1) is 0 Å². The molecule has 3 rings (SSSR count). The van der Waals surface area contributed by atoms with E-state index < -0.39 is 0 Å². The maximum absolute atomic E-state index is 8.54. The van der Waals surface area contributed by atoms with Crippen LogP contribution in [-0.4, -0.2) is 55.5 Å². The topological polar surface area (TPSA) is 58.3 Å². The van der Waals surface area contributed by atoms with Crippen LogP contribution in [0.25, 0.3) is 0 Å². The number of anilines is 1. The first kappa shape index (κ1) is 17.7. The van der Waals surface area contributed by atoms with E-state index in [9.17, 15) is 0 Å². The van der Waals surface area contributed by atoms with E-state index in [-0.39, 0.29) is 0 Å². The van der Waals surface area contributed by atoms with Gasteiger partial charge in [-0.25, -0.2) is 10.0 Å². The Labute approximate surface area is 154 Å². The second-order valence-corrected chi connectivity index (χ2v) is 6.58. The molecule has 1 aliphatic heterocycles. The number of nitrogens with zero attached hydrogens (tertiary/aromatic N) is 5. The van der Waals surface area contributed by atoms with Crippen LogP contribution in [0.1, 0.15) is 5.56 Å². The lowest BCUT2D eigenvalue weighted by molar-refractivity contribution is 0.441. The third kappa shape index (κ3) is 3.74. The summed E-state index contributed by atoms with van der Waals surface area (Å²) in [7, 11) is 7.85. The molecule has 6 nitrogen and oxygen atoms in total.